The molecule has 0 aliphatic heterocycles. The van der Waals surface area contributed by atoms with E-state index in [9.17, 15) is 8.42 Å². The van der Waals surface area contributed by atoms with E-state index in [0.29, 0.717) is 6.54 Å². The van der Waals surface area contributed by atoms with Crippen LogP contribution in [0.4, 0.5) is 0 Å². The first kappa shape index (κ1) is 17.1. The van der Waals surface area contributed by atoms with Crippen LogP contribution < -0.4 is 10.0 Å². The van der Waals surface area contributed by atoms with Gasteiger partial charge in [-0.05, 0) is 38.1 Å². The van der Waals surface area contributed by atoms with Crippen LogP contribution in [0.1, 0.15) is 26.3 Å². The van der Waals surface area contributed by atoms with Gasteiger partial charge in [0.2, 0.25) is 10.0 Å². The van der Waals surface area contributed by atoms with Gasteiger partial charge in [0.1, 0.15) is 0 Å². The molecule has 2 N–H and O–H groups in total. The number of rotatable bonds is 8. The smallest absolute Gasteiger partial charge is 0.240 e. The molecular formula is C14H24N2O3S. The number of ether oxygens (including phenoxy) is 1. The third kappa shape index (κ3) is 5.20. The van der Waals surface area contributed by atoms with Gasteiger partial charge in [-0.15, -0.1) is 0 Å². The van der Waals surface area contributed by atoms with Crippen molar-refractivity contribution in [3.63, 3.8) is 0 Å². The first-order chi connectivity index (χ1) is 9.30. The van der Waals surface area contributed by atoms with Crippen molar-refractivity contribution in [2.75, 3.05) is 20.2 Å². The quantitative estimate of drug-likeness (QED) is 0.763. The van der Waals surface area contributed by atoms with Crippen molar-refractivity contribution in [2.24, 2.45) is 0 Å². The maximum atomic E-state index is 12.2. The monoisotopic (exact) mass is 300 g/mol. The molecule has 0 bridgehead atoms. The van der Waals surface area contributed by atoms with Crippen molar-refractivity contribution in [1.29, 1.82) is 0 Å². The molecule has 1 aromatic rings. The average Bonchev–Trinajstić information content (AvgIpc) is 2.43. The molecule has 0 aliphatic carbocycles. The molecule has 5 nitrogen and oxygen atoms in total. The summed E-state index contributed by atoms with van der Waals surface area (Å²) in [6.45, 7) is 7.40. The molecule has 0 spiro atoms. The first-order valence-corrected chi connectivity index (χ1v) is 8.13. The molecule has 0 saturated carbocycles. The molecule has 1 aromatic carbocycles. The van der Waals surface area contributed by atoms with Crippen LogP contribution in [0.15, 0.2) is 29.2 Å². The Kier molecular flexibility index (Phi) is 6.13. The maximum Gasteiger partial charge on any atom is 0.240 e. The Balaban J connectivity index is 2.82. The zero-order valence-electron chi connectivity index (χ0n) is 12.6. The zero-order valence-corrected chi connectivity index (χ0v) is 13.4. The van der Waals surface area contributed by atoms with E-state index in [4.69, 9.17) is 4.74 Å². The minimum atomic E-state index is -3.51. The van der Waals surface area contributed by atoms with Gasteiger partial charge in [0.25, 0.3) is 0 Å². The second-order valence-corrected chi connectivity index (χ2v) is 6.98. The number of hydrogen-bond acceptors (Lipinski definition) is 4. The predicted octanol–water partition coefficient (Wildman–Crippen LogP) is 1.50. The van der Waals surface area contributed by atoms with Gasteiger partial charge in [0, 0.05) is 20.2 Å². The summed E-state index contributed by atoms with van der Waals surface area (Å²) in [6.07, 6.45) is 0. The fourth-order valence-electron chi connectivity index (χ4n) is 1.52. The van der Waals surface area contributed by atoms with E-state index in [1.165, 1.54) is 0 Å². The SMILES string of the molecule is CCNCc1cccc(S(=O)(=O)NCC(C)(C)OC)c1. The molecule has 6 heteroatoms. The van der Waals surface area contributed by atoms with Crippen molar-refractivity contribution >= 4 is 10.0 Å². The molecule has 0 fully saturated rings. The van der Waals surface area contributed by atoms with Gasteiger partial charge in [-0.25, -0.2) is 13.1 Å². The van der Waals surface area contributed by atoms with Crippen LogP contribution in [0.25, 0.3) is 0 Å². The summed E-state index contributed by atoms with van der Waals surface area (Å²) in [5.41, 5.74) is 0.412. The minimum Gasteiger partial charge on any atom is -0.377 e. The van der Waals surface area contributed by atoms with E-state index in [1.807, 2.05) is 26.8 Å². The van der Waals surface area contributed by atoms with E-state index in [-0.39, 0.29) is 11.4 Å². The lowest BCUT2D eigenvalue weighted by atomic mass is 10.1. The highest BCUT2D eigenvalue weighted by molar-refractivity contribution is 7.89. The van der Waals surface area contributed by atoms with E-state index >= 15 is 0 Å². The van der Waals surface area contributed by atoms with Gasteiger partial charge in [-0.3, -0.25) is 0 Å². The second kappa shape index (κ2) is 7.17. The Hall–Kier alpha value is -0.950. The first-order valence-electron chi connectivity index (χ1n) is 6.65. The van der Waals surface area contributed by atoms with Crippen molar-refractivity contribution in [2.45, 2.75) is 37.8 Å². The summed E-state index contributed by atoms with van der Waals surface area (Å²) in [5.74, 6) is 0. The van der Waals surface area contributed by atoms with Crippen LogP contribution in [0.2, 0.25) is 0 Å². The van der Waals surface area contributed by atoms with Crippen LogP contribution in [0, 0.1) is 0 Å². The van der Waals surface area contributed by atoms with Crippen LogP contribution in [-0.4, -0.2) is 34.2 Å². The molecule has 0 heterocycles. The largest absolute Gasteiger partial charge is 0.377 e. The van der Waals surface area contributed by atoms with Crippen LogP contribution in [0.3, 0.4) is 0 Å². The fraction of sp³-hybridized carbons (Fsp3) is 0.571. The number of nitrogens with one attached hydrogen (secondary N) is 2. The van der Waals surface area contributed by atoms with Gasteiger partial charge < -0.3 is 10.1 Å². The topological polar surface area (TPSA) is 67.4 Å². The standard InChI is InChI=1S/C14H24N2O3S/c1-5-15-10-12-7-6-8-13(9-12)20(17,18)16-11-14(2,3)19-4/h6-9,15-16H,5,10-11H2,1-4H3. The Labute approximate surface area is 121 Å². The molecule has 0 aliphatic rings. The highest BCUT2D eigenvalue weighted by atomic mass is 32.2. The molecule has 0 aromatic heterocycles. The van der Waals surface area contributed by atoms with Gasteiger partial charge in [-0.1, -0.05) is 19.1 Å². The third-order valence-electron chi connectivity index (χ3n) is 3.03. The van der Waals surface area contributed by atoms with E-state index < -0.39 is 15.6 Å². The summed E-state index contributed by atoms with van der Waals surface area (Å²) < 4.78 is 32.3. The normalized spacial score (nSPS) is 12.6. The minimum absolute atomic E-state index is 0.225. The number of hydrogen-bond donors (Lipinski definition) is 2. The second-order valence-electron chi connectivity index (χ2n) is 5.22. The molecule has 114 valence electrons. The Bertz CT molecular complexity index is 527. The molecule has 0 saturated heterocycles. The zero-order chi connectivity index (χ0) is 15.2. The van der Waals surface area contributed by atoms with Crippen molar-refractivity contribution < 1.29 is 13.2 Å². The van der Waals surface area contributed by atoms with Crippen LogP contribution in [0.5, 0.6) is 0 Å². The van der Waals surface area contributed by atoms with Gasteiger partial charge >= 0.3 is 0 Å². The summed E-state index contributed by atoms with van der Waals surface area (Å²) >= 11 is 0. The molecule has 0 unspecified atom stereocenters. The highest BCUT2D eigenvalue weighted by Crippen LogP contribution is 2.13. The Morgan fingerprint density at radius 2 is 2.00 bits per heavy atom. The summed E-state index contributed by atoms with van der Waals surface area (Å²) in [5, 5.41) is 3.17. The molecule has 20 heavy (non-hydrogen) atoms. The third-order valence-corrected chi connectivity index (χ3v) is 4.43. The van der Waals surface area contributed by atoms with Gasteiger partial charge in [0.15, 0.2) is 0 Å². The molecule has 0 radical (unpaired) electrons. The van der Waals surface area contributed by atoms with Crippen molar-refractivity contribution in [1.82, 2.24) is 10.0 Å². The summed E-state index contributed by atoms with van der Waals surface area (Å²) in [6, 6.07) is 6.94. The molecular weight excluding hydrogens is 276 g/mol. The average molecular weight is 300 g/mol. The lowest BCUT2D eigenvalue weighted by Gasteiger charge is -2.23. The number of benzene rings is 1. The fourth-order valence-corrected chi connectivity index (χ4v) is 2.78. The highest BCUT2D eigenvalue weighted by Gasteiger charge is 2.21. The van der Waals surface area contributed by atoms with Gasteiger partial charge in [-0.2, -0.15) is 0 Å². The van der Waals surface area contributed by atoms with Gasteiger partial charge in [0.05, 0.1) is 10.5 Å². The number of methoxy groups -OCH3 is 1. The summed E-state index contributed by atoms with van der Waals surface area (Å²) in [4.78, 5) is 0.278. The maximum absolute atomic E-state index is 12.2. The van der Waals surface area contributed by atoms with E-state index in [2.05, 4.69) is 10.0 Å². The van der Waals surface area contributed by atoms with Crippen molar-refractivity contribution in [3.05, 3.63) is 29.8 Å². The predicted molar refractivity (Wildman–Crippen MR) is 80.1 cm³/mol. The Morgan fingerprint density at radius 1 is 1.30 bits per heavy atom. The lowest BCUT2D eigenvalue weighted by Crippen LogP contribution is -2.39. The van der Waals surface area contributed by atoms with Crippen molar-refractivity contribution in [3.8, 4) is 0 Å². The Morgan fingerprint density at radius 3 is 2.60 bits per heavy atom. The molecule has 0 atom stereocenters. The van der Waals surface area contributed by atoms with Crippen LogP contribution >= 0.6 is 0 Å². The summed E-state index contributed by atoms with van der Waals surface area (Å²) in [7, 11) is -1.95. The van der Waals surface area contributed by atoms with E-state index in [1.54, 1.807) is 25.3 Å². The number of sulfonamides is 1. The van der Waals surface area contributed by atoms with Crippen LogP contribution in [-0.2, 0) is 21.3 Å². The lowest BCUT2D eigenvalue weighted by molar-refractivity contribution is 0.0276. The van der Waals surface area contributed by atoms with E-state index in [0.717, 1.165) is 12.1 Å². The molecule has 0 amide bonds. The molecule has 1 rings (SSSR count).